The molecule has 1 aliphatic rings. The van der Waals surface area contributed by atoms with Crippen molar-refractivity contribution in [3.63, 3.8) is 0 Å². The number of phenols is 1. The van der Waals surface area contributed by atoms with Crippen molar-refractivity contribution in [1.29, 1.82) is 0 Å². The summed E-state index contributed by atoms with van der Waals surface area (Å²) in [6, 6.07) is 22.2. The van der Waals surface area contributed by atoms with Crippen LogP contribution in [-0.4, -0.2) is 15.1 Å². The Morgan fingerprint density at radius 3 is 1.69 bits per heavy atom. The van der Waals surface area contributed by atoms with Crippen molar-refractivity contribution in [2.24, 2.45) is 0 Å². The van der Waals surface area contributed by atoms with E-state index in [1.807, 2.05) is 0 Å². The molecule has 0 radical (unpaired) electrons. The number of benzene rings is 2. The predicted octanol–water partition coefficient (Wildman–Crippen LogP) is 5.66. The zero-order chi connectivity index (χ0) is 19.6. The van der Waals surface area contributed by atoms with Gasteiger partial charge in [-0.1, -0.05) is 24.3 Å². The quantitative estimate of drug-likeness (QED) is 0.367. The van der Waals surface area contributed by atoms with E-state index in [0.717, 1.165) is 0 Å². The summed E-state index contributed by atoms with van der Waals surface area (Å²) in [6.45, 7) is 0. The molecule has 2 aromatic carbocycles. The third-order valence-corrected chi connectivity index (χ3v) is 4.04. The molecule has 1 N–H and O–H groups in total. The summed E-state index contributed by atoms with van der Waals surface area (Å²) in [7, 11) is 0. The molecule has 0 saturated heterocycles. The van der Waals surface area contributed by atoms with Gasteiger partial charge in [-0.2, -0.15) is 9.97 Å². The molecule has 7 nitrogen and oxygen atoms in total. The molecule has 0 aliphatic carbocycles. The van der Waals surface area contributed by atoms with Gasteiger partial charge in [-0.25, -0.2) is 0 Å². The highest BCUT2D eigenvalue weighted by Crippen LogP contribution is 2.41. The monoisotopic (exact) mass is 386 g/mol. The fourth-order valence-corrected chi connectivity index (χ4v) is 2.75. The number of ether oxygens (including phenoxy) is 4. The van der Waals surface area contributed by atoms with E-state index in [1.165, 1.54) is 0 Å². The average molecular weight is 386 g/mol. The molecule has 8 bridgehead atoms. The SMILES string of the molecule is Oc1c2cccc1Oc1cccc(n1)Oc1cccc(n1)Oc1cccc(c1)O2. The molecular weight excluding hydrogens is 372 g/mol. The van der Waals surface area contributed by atoms with Crippen LogP contribution in [0.3, 0.4) is 0 Å². The van der Waals surface area contributed by atoms with Crippen LogP contribution < -0.4 is 18.9 Å². The molecular formula is C22H14N2O5. The number of pyridine rings is 2. The maximum absolute atomic E-state index is 10.6. The van der Waals surface area contributed by atoms with Crippen molar-refractivity contribution in [3.8, 4) is 52.3 Å². The Kier molecular flexibility index (Phi) is 4.10. The molecule has 0 amide bonds. The Labute approximate surface area is 165 Å². The van der Waals surface area contributed by atoms with Crippen LogP contribution in [0.25, 0.3) is 0 Å². The van der Waals surface area contributed by atoms with E-state index in [4.69, 9.17) is 18.9 Å². The van der Waals surface area contributed by atoms with Crippen LogP contribution in [0.2, 0.25) is 0 Å². The lowest BCUT2D eigenvalue weighted by Crippen LogP contribution is -1.96. The zero-order valence-corrected chi connectivity index (χ0v) is 15.0. The summed E-state index contributed by atoms with van der Waals surface area (Å²) in [5.74, 6) is 2.49. The summed E-state index contributed by atoms with van der Waals surface area (Å²) in [5.41, 5.74) is 0. The molecule has 2 aromatic heterocycles. The van der Waals surface area contributed by atoms with Gasteiger partial charge in [0, 0.05) is 30.3 Å². The number of hydrogen-bond acceptors (Lipinski definition) is 7. The second kappa shape index (κ2) is 7.05. The smallest absolute Gasteiger partial charge is 0.224 e. The van der Waals surface area contributed by atoms with Crippen LogP contribution >= 0.6 is 0 Å². The second-order valence-corrected chi connectivity index (χ2v) is 6.11. The summed E-state index contributed by atoms with van der Waals surface area (Å²) in [5, 5.41) is 10.6. The summed E-state index contributed by atoms with van der Waals surface area (Å²) < 4.78 is 23.1. The van der Waals surface area contributed by atoms with Gasteiger partial charge in [-0.05, 0) is 24.3 Å². The van der Waals surface area contributed by atoms with Crippen molar-refractivity contribution in [3.05, 3.63) is 78.9 Å². The highest BCUT2D eigenvalue weighted by atomic mass is 16.5. The van der Waals surface area contributed by atoms with Gasteiger partial charge in [-0.15, -0.1) is 0 Å². The highest BCUT2D eigenvalue weighted by Gasteiger charge is 2.14. The summed E-state index contributed by atoms with van der Waals surface area (Å²) >= 11 is 0. The minimum absolute atomic E-state index is 0.147. The number of aromatic hydroxyl groups is 1. The van der Waals surface area contributed by atoms with E-state index in [2.05, 4.69) is 9.97 Å². The molecule has 0 saturated carbocycles. The van der Waals surface area contributed by atoms with Crippen molar-refractivity contribution in [1.82, 2.24) is 9.97 Å². The third-order valence-electron chi connectivity index (χ3n) is 4.04. The number of para-hydroxylation sites is 1. The molecule has 3 heterocycles. The fraction of sp³-hybridized carbons (Fsp3) is 0. The maximum atomic E-state index is 10.6. The highest BCUT2D eigenvalue weighted by molar-refractivity contribution is 5.53. The van der Waals surface area contributed by atoms with Gasteiger partial charge < -0.3 is 24.1 Å². The van der Waals surface area contributed by atoms with Crippen molar-refractivity contribution in [2.75, 3.05) is 0 Å². The Hall–Kier alpha value is -4.26. The predicted molar refractivity (Wildman–Crippen MR) is 103 cm³/mol. The minimum atomic E-state index is -0.147. The first-order chi connectivity index (χ1) is 14.2. The van der Waals surface area contributed by atoms with Crippen molar-refractivity contribution in [2.45, 2.75) is 0 Å². The molecule has 5 rings (SSSR count). The molecule has 4 aromatic rings. The maximum Gasteiger partial charge on any atom is 0.224 e. The molecule has 7 heteroatoms. The zero-order valence-electron chi connectivity index (χ0n) is 15.0. The number of rotatable bonds is 0. The second-order valence-electron chi connectivity index (χ2n) is 6.11. The van der Waals surface area contributed by atoms with E-state index >= 15 is 0 Å². The first-order valence-electron chi connectivity index (χ1n) is 8.80. The van der Waals surface area contributed by atoms with Gasteiger partial charge >= 0.3 is 0 Å². The van der Waals surface area contributed by atoms with E-state index in [1.54, 1.807) is 78.9 Å². The van der Waals surface area contributed by atoms with Crippen molar-refractivity contribution >= 4 is 0 Å². The van der Waals surface area contributed by atoms with Gasteiger partial charge in [0.05, 0.1) is 0 Å². The molecule has 0 unspecified atom stereocenters. The Morgan fingerprint density at radius 2 is 1.00 bits per heavy atom. The van der Waals surface area contributed by atoms with Gasteiger partial charge in [0.2, 0.25) is 29.3 Å². The van der Waals surface area contributed by atoms with Crippen LogP contribution in [0.15, 0.2) is 78.9 Å². The van der Waals surface area contributed by atoms with Gasteiger partial charge in [-0.3, -0.25) is 0 Å². The number of aromatic nitrogens is 2. The molecule has 1 aliphatic heterocycles. The number of fused-ring (bicyclic) bond motifs is 8. The first kappa shape index (κ1) is 16.9. The minimum Gasteiger partial charge on any atom is -0.502 e. The van der Waals surface area contributed by atoms with Gasteiger partial charge in [0.1, 0.15) is 11.5 Å². The number of nitrogens with zero attached hydrogens (tertiary/aromatic N) is 2. The van der Waals surface area contributed by atoms with Crippen LogP contribution in [0.4, 0.5) is 0 Å². The topological polar surface area (TPSA) is 82.9 Å². The van der Waals surface area contributed by atoms with E-state index < -0.39 is 0 Å². The lowest BCUT2D eigenvalue weighted by Gasteiger charge is -2.13. The third kappa shape index (κ3) is 3.61. The van der Waals surface area contributed by atoms with Crippen LogP contribution in [0.1, 0.15) is 0 Å². The normalized spacial score (nSPS) is 12.0. The molecule has 0 spiro atoms. The van der Waals surface area contributed by atoms with Gasteiger partial charge in [0.15, 0.2) is 11.5 Å². The molecule has 0 atom stereocenters. The van der Waals surface area contributed by atoms with E-state index in [9.17, 15) is 5.11 Å². The standard InChI is InChI=1S/C22H14N2O5/c25-22-16-7-2-8-17(22)28-19-10-4-12-21(24-19)29-20-11-3-9-18(23-20)27-15-6-1-5-14(13-15)26-16/h1-13,25H. The summed E-state index contributed by atoms with van der Waals surface area (Å²) in [6.07, 6.45) is 0. The molecule has 0 fully saturated rings. The largest absolute Gasteiger partial charge is 0.502 e. The van der Waals surface area contributed by atoms with Crippen LogP contribution in [-0.2, 0) is 0 Å². The Balaban J connectivity index is 1.63. The lowest BCUT2D eigenvalue weighted by atomic mass is 10.3. The summed E-state index contributed by atoms with van der Waals surface area (Å²) in [4.78, 5) is 8.64. The average Bonchev–Trinajstić information content (AvgIpc) is 2.71. The number of hydrogen-bond donors (Lipinski definition) is 1. The first-order valence-corrected chi connectivity index (χ1v) is 8.80. The Morgan fingerprint density at radius 1 is 0.517 bits per heavy atom. The number of phenolic OH excluding ortho intramolecular Hbond substituents is 1. The van der Waals surface area contributed by atoms with Crippen LogP contribution in [0.5, 0.6) is 52.3 Å². The molecule has 142 valence electrons. The lowest BCUT2D eigenvalue weighted by molar-refractivity contribution is 0.365. The fourth-order valence-electron chi connectivity index (χ4n) is 2.75. The van der Waals surface area contributed by atoms with E-state index in [0.29, 0.717) is 23.3 Å². The van der Waals surface area contributed by atoms with Crippen molar-refractivity contribution < 1.29 is 24.1 Å². The van der Waals surface area contributed by atoms with Gasteiger partial charge in [0.25, 0.3) is 0 Å². The van der Waals surface area contributed by atoms with Crippen LogP contribution in [0, 0.1) is 0 Å². The Bertz CT molecular complexity index is 1110. The van der Waals surface area contributed by atoms with E-state index in [-0.39, 0.29) is 29.0 Å². The molecule has 29 heavy (non-hydrogen) atoms.